The van der Waals surface area contributed by atoms with Crippen LogP contribution in [0.4, 0.5) is 5.13 Å². The second-order valence-corrected chi connectivity index (χ2v) is 8.73. The third kappa shape index (κ3) is 3.40. The zero-order chi connectivity index (χ0) is 17.3. The molecular formula is C18H19N3O2S2. The minimum Gasteiger partial charge on any atom is -0.348 e. The van der Waals surface area contributed by atoms with Crippen LogP contribution in [0.15, 0.2) is 58.9 Å². The number of thiazole rings is 1. The molecule has 0 atom stereocenters. The van der Waals surface area contributed by atoms with Gasteiger partial charge in [0.25, 0.3) is 0 Å². The molecule has 0 spiro atoms. The van der Waals surface area contributed by atoms with E-state index in [1.54, 1.807) is 29.7 Å². The number of hydrogen-bond acceptors (Lipinski definition) is 5. The van der Waals surface area contributed by atoms with E-state index in [1.807, 2.05) is 35.7 Å². The predicted octanol–water partition coefficient (Wildman–Crippen LogP) is 3.24. The van der Waals surface area contributed by atoms with Gasteiger partial charge in [-0.05, 0) is 24.3 Å². The molecule has 25 heavy (non-hydrogen) atoms. The Morgan fingerprint density at radius 3 is 2.60 bits per heavy atom. The van der Waals surface area contributed by atoms with E-state index in [0.717, 1.165) is 41.8 Å². The van der Waals surface area contributed by atoms with Crippen LogP contribution >= 0.6 is 11.3 Å². The Kier molecular flexibility index (Phi) is 4.45. The maximum atomic E-state index is 12.9. The predicted molar refractivity (Wildman–Crippen MR) is 102 cm³/mol. The number of fused-ring (bicyclic) bond motifs is 1. The number of benzene rings is 2. The SMILES string of the molecule is O=S(=O)(NC1CCN(c2nccs2)CC1)c1cccc2ccccc12. The zero-order valence-electron chi connectivity index (χ0n) is 13.6. The number of nitrogens with zero attached hydrogens (tertiary/aromatic N) is 2. The fourth-order valence-corrected chi connectivity index (χ4v) is 5.51. The number of hydrogen-bond donors (Lipinski definition) is 1. The lowest BCUT2D eigenvalue weighted by molar-refractivity contribution is 0.460. The smallest absolute Gasteiger partial charge is 0.241 e. The fraction of sp³-hybridized carbons (Fsp3) is 0.278. The lowest BCUT2D eigenvalue weighted by Crippen LogP contribution is -2.44. The summed E-state index contributed by atoms with van der Waals surface area (Å²) in [6.07, 6.45) is 3.36. The Morgan fingerprint density at radius 2 is 1.84 bits per heavy atom. The molecule has 0 saturated carbocycles. The third-order valence-corrected chi connectivity index (χ3v) is 6.96. The monoisotopic (exact) mass is 373 g/mol. The first kappa shape index (κ1) is 16.5. The molecule has 2 heterocycles. The van der Waals surface area contributed by atoms with Gasteiger partial charge in [0.2, 0.25) is 10.0 Å². The van der Waals surface area contributed by atoms with Crippen molar-refractivity contribution in [2.45, 2.75) is 23.8 Å². The summed E-state index contributed by atoms with van der Waals surface area (Å²) < 4.78 is 28.7. The molecule has 0 radical (unpaired) electrons. The Morgan fingerprint density at radius 1 is 1.08 bits per heavy atom. The number of sulfonamides is 1. The van der Waals surface area contributed by atoms with Crippen molar-refractivity contribution < 1.29 is 8.42 Å². The third-order valence-electron chi connectivity index (χ3n) is 4.55. The molecule has 0 aliphatic carbocycles. The Labute approximate surface area is 151 Å². The molecule has 0 unspecified atom stereocenters. The minimum atomic E-state index is -3.54. The van der Waals surface area contributed by atoms with Gasteiger partial charge in [0.15, 0.2) is 5.13 Å². The van der Waals surface area contributed by atoms with Crippen LogP contribution in [-0.4, -0.2) is 32.5 Å². The molecule has 7 heteroatoms. The highest BCUT2D eigenvalue weighted by molar-refractivity contribution is 7.89. The van der Waals surface area contributed by atoms with Gasteiger partial charge >= 0.3 is 0 Å². The fourth-order valence-electron chi connectivity index (χ4n) is 3.27. The van der Waals surface area contributed by atoms with Gasteiger partial charge in [-0.2, -0.15) is 0 Å². The van der Waals surface area contributed by atoms with Crippen LogP contribution < -0.4 is 9.62 Å². The summed E-state index contributed by atoms with van der Waals surface area (Å²) in [5.41, 5.74) is 0. The van der Waals surface area contributed by atoms with Crippen molar-refractivity contribution in [2.24, 2.45) is 0 Å². The summed E-state index contributed by atoms with van der Waals surface area (Å²) >= 11 is 1.62. The van der Waals surface area contributed by atoms with Crippen LogP contribution in [0.1, 0.15) is 12.8 Å². The summed E-state index contributed by atoms with van der Waals surface area (Å²) in [5, 5.41) is 4.67. The second-order valence-electron chi connectivity index (χ2n) is 6.17. The highest BCUT2D eigenvalue weighted by Gasteiger charge is 2.26. The number of anilines is 1. The number of aromatic nitrogens is 1. The van der Waals surface area contributed by atoms with Gasteiger partial charge in [-0.3, -0.25) is 0 Å². The molecule has 1 aromatic heterocycles. The molecule has 4 rings (SSSR count). The van der Waals surface area contributed by atoms with E-state index in [-0.39, 0.29) is 6.04 Å². The van der Waals surface area contributed by atoms with Crippen LogP contribution in [0.3, 0.4) is 0 Å². The van der Waals surface area contributed by atoms with Gasteiger partial charge in [0, 0.05) is 36.1 Å². The first-order valence-corrected chi connectivity index (χ1v) is 10.6. The molecule has 1 N–H and O–H groups in total. The van der Waals surface area contributed by atoms with Gasteiger partial charge in [0.1, 0.15) is 0 Å². The van der Waals surface area contributed by atoms with Crippen LogP contribution in [0.25, 0.3) is 10.8 Å². The van der Waals surface area contributed by atoms with E-state index < -0.39 is 10.0 Å². The van der Waals surface area contributed by atoms with E-state index in [1.165, 1.54) is 0 Å². The molecular weight excluding hydrogens is 354 g/mol. The summed E-state index contributed by atoms with van der Waals surface area (Å²) in [5.74, 6) is 0. The summed E-state index contributed by atoms with van der Waals surface area (Å²) in [7, 11) is -3.54. The molecule has 2 aromatic carbocycles. The minimum absolute atomic E-state index is 0.0415. The largest absolute Gasteiger partial charge is 0.348 e. The zero-order valence-corrected chi connectivity index (χ0v) is 15.3. The molecule has 0 amide bonds. The first-order valence-electron chi connectivity index (χ1n) is 8.28. The van der Waals surface area contributed by atoms with Crippen LogP contribution in [0.5, 0.6) is 0 Å². The molecule has 5 nitrogen and oxygen atoms in total. The van der Waals surface area contributed by atoms with Crippen molar-refractivity contribution in [1.82, 2.24) is 9.71 Å². The van der Waals surface area contributed by atoms with Crippen LogP contribution in [-0.2, 0) is 10.0 Å². The normalized spacial score (nSPS) is 16.4. The van der Waals surface area contributed by atoms with Crippen molar-refractivity contribution in [3.05, 3.63) is 54.0 Å². The lowest BCUT2D eigenvalue weighted by Gasteiger charge is -2.32. The van der Waals surface area contributed by atoms with E-state index in [9.17, 15) is 8.42 Å². The molecule has 1 aliphatic rings. The van der Waals surface area contributed by atoms with Crippen molar-refractivity contribution in [3.63, 3.8) is 0 Å². The number of nitrogens with one attached hydrogen (secondary N) is 1. The van der Waals surface area contributed by atoms with E-state index in [2.05, 4.69) is 14.6 Å². The van der Waals surface area contributed by atoms with E-state index in [4.69, 9.17) is 0 Å². The van der Waals surface area contributed by atoms with Gasteiger partial charge in [-0.15, -0.1) is 11.3 Å². The summed E-state index contributed by atoms with van der Waals surface area (Å²) in [6.45, 7) is 1.63. The van der Waals surface area contributed by atoms with Gasteiger partial charge in [-0.1, -0.05) is 36.4 Å². The molecule has 3 aromatic rings. The maximum Gasteiger partial charge on any atom is 0.241 e. The highest BCUT2D eigenvalue weighted by Crippen LogP contribution is 2.25. The van der Waals surface area contributed by atoms with Crippen molar-refractivity contribution in [1.29, 1.82) is 0 Å². The average Bonchev–Trinajstić information content (AvgIpc) is 3.16. The van der Waals surface area contributed by atoms with E-state index in [0.29, 0.717) is 4.90 Å². The second kappa shape index (κ2) is 6.74. The molecule has 1 fully saturated rings. The highest BCUT2D eigenvalue weighted by atomic mass is 32.2. The van der Waals surface area contributed by atoms with E-state index >= 15 is 0 Å². The first-order chi connectivity index (χ1) is 12.1. The lowest BCUT2D eigenvalue weighted by atomic mass is 10.1. The number of piperidine rings is 1. The topological polar surface area (TPSA) is 62.3 Å². The van der Waals surface area contributed by atoms with Crippen molar-refractivity contribution in [3.8, 4) is 0 Å². The molecule has 1 aliphatic heterocycles. The number of rotatable bonds is 4. The Balaban J connectivity index is 1.50. The Hall–Kier alpha value is -1.96. The van der Waals surface area contributed by atoms with Crippen LogP contribution in [0, 0.1) is 0 Å². The molecule has 130 valence electrons. The molecule has 1 saturated heterocycles. The van der Waals surface area contributed by atoms with Gasteiger partial charge in [0.05, 0.1) is 4.90 Å². The van der Waals surface area contributed by atoms with Crippen molar-refractivity contribution in [2.75, 3.05) is 18.0 Å². The molecule has 0 bridgehead atoms. The summed E-state index contributed by atoms with van der Waals surface area (Å²) in [6, 6.07) is 12.9. The quantitative estimate of drug-likeness (QED) is 0.763. The summed E-state index contributed by atoms with van der Waals surface area (Å²) in [4.78, 5) is 6.90. The maximum absolute atomic E-state index is 12.9. The average molecular weight is 374 g/mol. The van der Waals surface area contributed by atoms with Crippen molar-refractivity contribution >= 4 is 37.3 Å². The standard InChI is InChI=1S/C18H19N3O2S2/c22-25(23,17-7-3-5-14-4-1-2-6-16(14)17)20-15-8-11-21(12-9-15)18-19-10-13-24-18/h1-7,10,13,15,20H,8-9,11-12H2. The van der Waals surface area contributed by atoms with Crippen LogP contribution in [0.2, 0.25) is 0 Å². The Bertz CT molecular complexity index is 958. The van der Waals surface area contributed by atoms with Gasteiger partial charge < -0.3 is 4.90 Å². The van der Waals surface area contributed by atoms with Gasteiger partial charge in [-0.25, -0.2) is 18.1 Å².